The number of rotatable bonds is 7. The lowest BCUT2D eigenvalue weighted by Gasteiger charge is -2.26. The molecule has 10 heteroatoms. The standard InChI is InChI=1S/C22H27N3O4.C3H5ClO2.C3H8/c1-27-16-21(26)25-11-3-10-24(12-13-25)14-17-5-7-18(8-6-17)20-15-28-19-4-2-9-23-22(19)29-20;1-6-2-3(4)5;1-3-2/h2,4-9,20H,3,10-16H2,1H3;2H2,1H3;3H2,1-2H3. The van der Waals surface area contributed by atoms with Crippen LogP contribution in [0.2, 0.25) is 0 Å². The second kappa shape index (κ2) is 17.7. The van der Waals surface area contributed by atoms with Gasteiger partial charge in [-0.3, -0.25) is 14.5 Å². The zero-order valence-corrected chi connectivity index (χ0v) is 23.6. The average Bonchev–Trinajstić information content (AvgIpc) is 3.15. The summed E-state index contributed by atoms with van der Waals surface area (Å²) in [7, 11) is 2.98. The Balaban J connectivity index is 0.000000490. The summed E-state index contributed by atoms with van der Waals surface area (Å²) in [6.07, 6.45) is 3.79. The summed E-state index contributed by atoms with van der Waals surface area (Å²) in [4.78, 5) is 30.3. The molecular weight excluding hydrogens is 510 g/mol. The highest BCUT2D eigenvalue weighted by Gasteiger charge is 2.23. The number of carbonyl (C=O) groups excluding carboxylic acids is 2. The van der Waals surface area contributed by atoms with Crippen molar-refractivity contribution >= 4 is 22.8 Å². The van der Waals surface area contributed by atoms with Crippen LogP contribution in [0.15, 0.2) is 42.6 Å². The van der Waals surface area contributed by atoms with E-state index in [-0.39, 0.29) is 25.2 Å². The minimum absolute atomic E-state index is 0.00154. The fraction of sp³-hybridized carbons (Fsp3) is 0.536. The van der Waals surface area contributed by atoms with E-state index in [0.717, 1.165) is 44.7 Å². The summed E-state index contributed by atoms with van der Waals surface area (Å²) in [6, 6.07) is 12.2. The number of ether oxygens (including phenoxy) is 4. The van der Waals surface area contributed by atoms with Crippen LogP contribution in [0.1, 0.15) is 43.9 Å². The summed E-state index contributed by atoms with van der Waals surface area (Å²) >= 11 is 4.81. The Morgan fingerprint density at radius 1 is 1.03 bits per heavy atom. The number of fused-ring (bicyclic) bond motifs is 1. The van der Waals surface area contributed by atoms with Crippen molar-refractivity contribution in [2.75, 3.05) is 60.2 Å². The first-order valence-corrected chi connectivity index (χ1v) is 13.3. The van der Waals surface area contributed by atoms with Gasteiger partial charge in [-0.2, -0.15) is 0 Å². The fourth-order valence-electron chi connectivity index (χ4n) is 3.88. The number of benzene rings is 1. The zero-order chi connectivity index (χ0) is 27.8. The quantitative estimate of drug-likeness (QED) is 0.477. The number of halogens is 1. The Hall–Kier alpha value is -2.72. The molecule has 0 aliphatic carbocycles. The molecule has 0 bridgehead atoms. The van der Waals surface area contributed by atoms with Crippen LogP contribution < -0.4 is 9.47 Å². The van der Waals surface area contributed by atoms with Gasteiger partial charge in [0.2, 0.25) is 11.1 Å². The first-order chi connectivity index (χ1) is 18.4. The van der Waals surface area contributed by atoms with E-state index < -0.39 is 5.24 Å². The molecule has 1 atom stereocenters. The predicted molar refractivity (Wildman–Crippen MR) is 147 cm³/mol. The van der Waals surface area contributed by atoms with Crippen molar-refractivity contribution in [1.29, 1.82) is 0 Å². The van der Waals surface area contributed by atoms with E-state index in [0.29, 0.717) is 18.2 Å². The van der Waals surface area contributed by atoms with Gasteiger partial charge in [0.1, 0.15) is 19.8 Å². The first-order valence-electron chi connectivity index (χ1n) is 12.9. The van der Waals surface area contributed by atoms with Crippen molar-refractivity contribution < 1.29 is 28.5 Å². The number of methoxy groups -OCH3 is 2. The van der Waals surface area contributed by atoms with Gasteiger partial charge in [-0.25, -0.2) is 4.98 Å². The number of amides is 1. The molecule has 0 saturated carbocycles. The van der Waals surface area contributed by atoms with Gasteiger partial charge in [-0.05, 0) is 41.3 Å². The van der Waals surface area contributed by atoms with Gasteiger partial charge >= 0.3 is 0 Å². The van der Waals surface area contributed by atoms with Crippen LogP contribution in [-0.2, 0) is 25.6 Å². The summed E-state index contributed by atoms with van der Waals surface area (Å²) in [5.41, 5.74) is 2.33. The van der Waals surface area contributed by atoms with Crippen molar-refractivity contribution in [2.45, 2.75) is 39.3 Å². The third-order valence-corrected chi connectivity index (χ3v) is 5.71. The van der Waals surface area contributed by atoms with Crippen molar-refractivity contribution in [2.24, 2.45) is 0 Å². The predicted octanol–water partition coefficient (Wildman–Crippen LogP) is 4.09. The monoisotopic (exact) mass is 549 g/mol. The van der Waals surface area contributed by atoms with Crippen LogP contribution in [-0.4, -0.2) is 86.2 Å². The summed E-state index contributed by atoms with van der Waals surface area (Å²) in [6.45, 7) is 9.18. The van der Waals surface area contributed by atoms with Gasteiger partial charge in [-0.15, -0.1) is 0 Å². The molecule has 1 saturated heterocycles. The van der Waals surface area contributed by atoms with E-state index in [2.05, 4.69) is 52.7 Å². The van der Waals surface area contributed by atoms with Gasteiger partial charge in [0.05, 0.1) is 0 Å². The highest BCUT2D eigenvalue weighted by molar-refractivity contribution is 6.63. The summed E-state index contributed by atoms with van der Waals surface area (Å²) in [5, 5.41) is -0.461. The van der Waals surface area contributed by atoms with Crippen molar-refractivity contribution in [3.63, 3.8) is 0 Å². The van der Waals surface area contributed by atoms with Crippen LogP contribution in [0.3, 0.4) is 0 Å². The Kier molecular flexibility index (Phi) is 14.7. The third kappa shape index (κ3) is 10.9. The first kappa shape index (κ1) is 31.5. The van der Waals surface area contributed by atoms with Crippen molar-refractivity contribution in [3.8, 4) is 11.6 Å². The molecule has 0 spiro atoms. The smallest absolute Gasteiger partial charge is 0.257 e. The Morgan fingerprint density at radius 3 is 2.37 bits per heavy atom. The molecule has 1 amide bonds. The largest absolute Gasteiger partial charge is 0.484 e. The van der Waals surface area contributed by atoms with E-state index in [9.17, 15) is 9.59 Å². The van der Waals surface area contributed by atoms with E-state index in [1.807, 2.05) is 17.0 Å². The van der Waals surface area contributed by atoms with Crippen LogP contribution in [0.25, 0.3) is 0 Å². The molecule has 3 heterocycles. The lowest BCUT2D eigenvalue weighted by atomic mass is 10.1. The van der Waals surface area contributed by atoms with E-state index in [1.54, 1.807) is 13.3 Å². The zero-order valence-electron chi connectivity index (χ0n) is 22.9. The lowest BCUT2D eigenvalue weighted by Crippen LogP contribution is -2.37. The van der Waals surface area contributed by atoms with Crippen molar-refractivity contribution in [1.82, 2.24) is 14.8 Å². The van der Waals surface area contributed by atoms with Crippen LogP contribution in [0.4, 0.5) is 0 Å². The minimum atomic E-state index is -0.461. The summed E-state index contributed by atoms with van der Waals surface area (Å²) in [5.74, 6) is 1.31. The Morgan fingerprint density at radius 2 is 1.74 bits per heavy atom. The van der Waals surface area contributed by atoms with Crippen molar-refractivity contribution in [3.05, 3.63) is 53.7 Å². The molecular formula is C28H40ClN3O6. The molecule has 210 valence electrons. The number of hydrogen-bond acceptors (Lipinski definition) is 8. The van der Waals surface area contributed by atoms with E-state index >= 15 is 0 Å². The third-order valence-electron chi connectivity index (χ3n) is 5.60. The van der Waals surface area contributed by atoms with E-state index in [4.69, 9.17) is 25.8 Å². The second-order valence-electron chi connectivity index (χ2n) is 8.90. The number of carbonyl (C=O) groups is 2. The molecule has 2 aliphatic heterocycles. The number of nitrogens with zero attached hydrogens (tertiary/aromatic N) is 3. The number of hydrogen-bond donors (Lipinski definition) is 0. The minimum Gasteiger partial charge on any atom is -0.484 e. The molecule has 1 aromatic carbocycles. The highest BCUT2D eigenvalue weighted by atomic mass is 35.5. The maximum absolute atomic E-state index is 12.0. The fourth-order valence-corrected chi connectivity index (χ4v) is 3.98. The molecule has 0 radical (unpaired) electrons. The van der Waals surface area contributed by atoms with Crippen LogP contribution >= 0.6 is 11.6 Å². The SMILES string of the molecule is CCC.COCC(=O)Cl.COCC(=O)N1CCCN(Cc2ccc(C3COc4cccnc4O3)cc2)CC1. The Labute approximate surface area is 231 Å². The molecule has 1 fully saturated rings. The maximum Gasteiger partial charge on any atom is 0.257 e. The van der Waals surface area contributed by atoms with Gasteiger partial charge in [0.15, 0.2) is 11.9 Å². The number of pyridine rings is 1. The van der Waals surface area contributed by atoms with E-state index in [1.165, 1.54) is 19.1 Å². The normalized spacial score (nSPS) is 16.8. The summed E-state index contributed by atoms with van der Waals surface area (Å²) < 4.78 is 21.0. The lowest BCUT2D eigenvalue weighted by molar-refractivity contribution is -0.135. The molecule has 4 rings (SSSR count). The second-order valence-corrected chi connectivity index (χ2v) is 9.33. The molecule has 2 aromatic rings. The molecule has 1 unspecified atom stereocenters. The molecule has 0 N–H and O–H groups in total. The maximum atomic E-state index is 12.0. The van der Waals surface area contributed by atoms with Gasteiger partial charge in [0.25, 0.3) is 5.88 Å². The number of aromatic nitrogens is 1. The highest BCUT2D eigenvalue weighted by Crippen LogP contribution is 2.33. The Bertz CT molecular complexity index is 975. The van der Waals surface area contributed by atoms with Gasteiger partial charge in [0, 0.05) is 53.1 Å². The van der Waals surface area contributed by atoms with Gasteiger partial charge < -0.3 is 23.8 Å². The topological polar surface area (TPSA) is 90.4 Å². The molecule has 2 aliphatic rings. The molecule has 1 aromatic heterocycles. The van der Waals surface area contributed by atoms with Gasteiger partial charge in [-0.1, -0.05) is 44.5 Å². The van der Waals surface area contributed by atoms with Crippen LogP contribution in [0, 0.1) is 0 Å². The molecule has 38 heavy (non-hydrogen) atoms. The van der Waals surface area contributed by atoms with Crippen LogP contribution in [0.5, 0.6) is 11.6 Å². The average molecular weight is 550 g/mol. The molecule has 9 nitrogen and oxygen atoms in total.